The van der Waals surface area contributed by atoms with Crippen LogP contribution in [0.25, 0.3) is 11.5 Å². The highest BCUT2D eigenvalue weighted by Crippen LogP contribution is 2.22. The zero-order chi connectivity index (χ0) is 17.7. The Bertz CT molecular complexity index is 730. The number of hydrogen-bond acceptors (Lipinski definition) is 5. The molecule has 0 fully saturated rings. The molecule has 1 heterocycles. The summed E-state index contributed by atoms with van der Waals surface area (Å²) >= 11 is 0. The predicted octanol–water partition coefficient (Wildman–Crippen LogP) is 2.11. The van der Waals surface area contributed by atoms with Crippen molar-refractivity contribution >= 4 is 29.9 Å². The second-order valence-corrected chi connectivity index (χ2v) is 5.89. The van der Waals surface area contributed by atoms with Gasteiger partial charge in [-0.15, -0.1) is 12.4 Å². The molecular weight excluding hydrogens is 344 g/mol. The molecule has 0 aliphatic rings. The van der Waals surface area contributed by atoms with Crippen LogP contribution >= 0.6 is 12.4 Å². The molecule has 0 unspecified atom stereocenters. The molecule has 1 aromatic heterocycles. The third-order valence-electron chi connectivity index (χ3n) is 3.46. The average Bonchev–Trinajstić information content (AvgIpc) is 2.98. The van der Waals surface area contributed by atoms with Crippen molar-refractivity contribution in [2.75, 3.05) is 11.9 Å². The van der Waals surface area contributed by atoms with E-state index in [0.29, 0.717) is 17.3 Å². The molecule has 136 valence electrons. The Balaban J connectivity index is 0.00000312. The first-order valence-corrected chi connectivity index (χ1v) is 7.73. The van der Waals surface area contributed by atoms with E-state index in [1.165, 1.54) is 0 Å². The fraction of sp³-hybridized carbons (Fsp3) is 0.353. The Morgan fingerprint density at radius 1 is 1.32 bits per heavy atom. The van der Waals surface area contributed by atoms with Crippen LogP contribution in [-0.4, -0.2) is 29.4 Å². The van der Waals surface area contributed by atoms with Gasteiger partial charge in [-0.2, -0.15) is 0 Å². The van der Waals surface area contributed by atoms with Gasteiger partial charge in [-0.1, -0.05) is 19.9 Å². The van der Waals surface area contributed by atoms with Gasteiger partial charge in [0, 0.05) is 11.3 Å². The Kier molecular flexibility index (Phi) is 7.60. The van der Waals surface area contributed by atoms with Crippen molar-refractivity contribution in [1.82, 2.24) is 10.3 Å². The first-order valence-electron chi connectivity index (χ1n) is 7.73. The molecule has 1 atom stereocenters. The van der Waals surface area contributed by atoms with Gasteiger partial charge in [-0.3, -0.25) is 9.59 Å². The lowest BCUT2D eigenvalue weighted by Gasteiger charge is -2.15. The topological polar surface area (TPSA) is 110 Å². The number of nitrogens with two attached hydrogens (primary N) is 1. The molecule has 2 rings (SSSR count). The molecule has 1 aromatic carbocycles. The molecule has 0 aliphatic carbocycles. The highest BCUT2D eigenvalue weighted by Gasteiger charge is 2.17. The normalized spacial score (nSPS) is 11.6. The molecule has 0 saturated heterocycles. The van der Waals surface area contributed by atoms with Gasteiger partial charge in [0.2, 0.25) is 17.7 Å². The molecule has 2 amide bonds. The molecule has 7 nitrogen and oxygen atoms in total. The van der Waals surface area contributed by atoms with Gasteiger partial charge in [0.25, 0.3) is 0 Å². The van der Waals surface area contributed by atoms with Crippen LogP contribution in [0.4, 0.5) is 5.69 Å². The van der Waals surface area contributed by atoms with E-state index < -0.39 is 6.04 Å². The van der Waals surface area contributed by atoms with E-state index in [1.54, 1.807) is 24.4 Å². The number of halogens is 1. The number of aryl methyl sites for hydroxylation is 1. The second kappa shape index (κ2) is 9.19. The molecule has 0 saturated carbocycles. The summed E-state index contributed by atoms with van der Waals surface area (Å²) in [6, 6.07) is 6.50. The zero-order valence-corrected chi connectivity index (χ0v) is 15.2. The fourth-order valence-electron chi connectivity index (χ4n) is 2.01. The molecule has 8 heteroatoms. The van der Waals surface area contributed by atoms with Crippen molar-refractivity contribution in [1.29, 1.82) is 0 Å². The minimum atomic E-state index is -0.630. The number of nitrogens with zero attached hydrogens (tertiary/aromatic N) is 1. The number of oxazole rings is 1. The Labute approximate surface area is 152 Å². The van der Waals surface area contributed by atoms with E-state index in [4.69, 9.17) is 10.2 Å². The summed E-state index contributed by atoms with van der Waals surface area (Å²) < 4.78 is 5.46. The minimum absolute atomic E-state index is 0. The van der Waals surface area contributed by atoms with E-state index in [2.05, 4.69) is 15.6 Å². The number of amides is 2. The van der Waals surface area contributed by atoms with E-state index in [9.17, 15) is 9.59 Å². The van der Waals surface area contributed by atoms with E-state index in [-0.39, 0.29) is 36.7 Å². The quantitative estimate of drug-likeness (QED) is 0.725. The van der Waals surface area contributed by atoms with Crippen LogP contribution in [0.2, 0.25) is 0 Å². The summed E-state index contributed by atoms with van der Waals surface area (Å²) in [6.45, 7) is 5.37. The molecule has 0 radical (unpaired) electrons. The van der Waals surface area contributed by atoms with Crippen LogP contribution < -0.4 is 16.4 Å². The third kappa shape index (κ3) is 5.88. The van der Waals surface area contributed by atoms with Crippen LogP contribution in [0, 0.1) is 12.8 Å². The predicted molar refractivity (Wildman–Crippen MR) is 98.4 cm³/mol. The van der Waals surface area contributed by atoms with Crippen LogP contribution in [0.3, 0.4) is 0 Å². The van der Waals surface area contributed by atoms with Gasteiger partial charge in [-0.25, -0.2) is 4.98 Å². The fourth-order valence-corrected chi connectivity index (χ4v) is 2.01. The van der Waals surface area contributed by atoms with Crippen molar-refractivity contribution in [3.05, 3.63) is 36.2 Å². The van der Waals surface area contributed by atoms with Crippen LogP contribution in [0.1, 0.15) is 19.6 Å². The third-order valence-corrected chi connectivity index (χ3v) is 3.46. The summed E-state index contributed by atoms with van der Waals surface area (Å²) in [5, 5.41) is 5.25. The number of rotatable bonds is 6. The highest BCUT2D eigenvalue weighted by molar-refractivity contribution is 5.95. The Morgan fingerprint density at radius 2 is 2.04 bits per heavy atom. The van der Waals surface area contributed by atoms with Crippen LogP contribution in [-0.2, 0) is 9.59 Å². The summed E-state index contributed by atoms with van der Waals surface area (Å²) in [5.74, 6) is 0.529. The lowest BCUT2D eigenvalue weighted by Crippen LogP contribution is -2.46. The maximum absolute atomic E-state index is 12.0. The van der Waals surface area contributed by atoms with Crippen LogP contribution in [0.5, 0.6) is 0 Å². The number of nitrogens with one attached hydrogen (secondary N) is 2. The van der Waals surface area contributed by atoms with Crippen molar-refractivity contribution in [3.8, 4) is 11.5 Å². The second-order valence-electron chi connectivity index (χ2n) is 5.89. The lowest BCUT2D eigenvalue weighted by atomic mass is 10.1. The van der Waals surface area contributed by atoms with Gasteiger partial charge in [0.15, 0.2) is 0 Å². The molecule has 0 spiro atoms. The summed E-state index contributed by atoms with van der Waals surface area (Å²) in [7, 11) is 0. The number of hydrogen-bond donors (Lipinski definition) is 3. The van der Waals surface area contributed by atoms with E-state index in [1.807, 2.05) is 26.8 Å². The molecular formula is C17H23ClN4O3. The van der Waals surface area contributed by atoms with Gasteiger partial charge in [-0.05, 0) is 31.0 Å². The largest absolute Gasteiger partial charge is 0.441 e. The van der Waals surface area contributed by atoms with Crippen molar-refractivity contribution < 1.29 is 14.0 Å². The maximum atomic E-state index is 12.0. The highest BCUT2D eigenvalue weighted by atomic mass is 35.5. The van der Waals surface area contributed by atoms with Crippen molar-refractivity contribution in [2.45, 2.75) is 26.8 Å². The SMILES string of the molecule is Cc1cnc(-c2cccc(NC(=O)CNC(=O)[C@@H](N)C(C)C)c2)o1.Cl. The summed E-state index contributed by atoms with van der Waals surface area (Å²) in [6.07, 6.45) is 1.63. The standard InChI is InChI=1S/C17H22N4O3.ClH/c1-10(2)15(18)16(23)19-9-14(22)21-13-6-4-5-12(7-13)17-20-8-11(3)24-17;/h4-8,10,15H,9,18H2,1-3H3,(H,19,23)(H,21,22);1H/t15-;/m0./s1. The minimum Gasteiger partial charge on any atom is -0.441 e. The van der Waals surface area contributed by atoms with Crippen molar-refractivity contribution in [3.63, 3.8) is 0 Å². The summed E-state index contributed by atoms with van der Waals surface area (Å²) in [4.78, 5) is 27.9. The molecule has 2 aromatic rings. The van der Waals surface area contributed by atoms with Gasteiger partial charge in [0.1, 0.15) is 5.76 Å². The van der Waals surface area contributed by atoms with E-state index >= 15 is 0 Å². The zero-order valence-electron chi connectivity index (χ0n) is 14.4. The number of carbonyl (C=O) groups is 2. The average molecular weight is 367 g/mol. The van der Waals surface area contributed by atoms with Gasteiger partial charge < -0.3 is 20.8 Å². The first-order chi connectivity index (χ1) is 11.4. The summed E-state index contributed by atoms with van der Waals surface area (Å²) in [5.41, 5.74) is 7.07. The van der Waals surface area contributed by atoms with E-state index in [0.717, 1.165) is 5.56 Å². The van der Waals surface area contributed by atoms with Crippen molar-refractivity contribution in [2.24, 2.45) is 11.7 Å². The number of aromatic nitrogens is 1. The molecule has 0 bridgehead atoms. The monoisotopic (exact) mass is 366 g/mol. The molecule has 4 N–H and O–H groups in total. The Hall–Kier alpha value is -2.38. The maximum Gasteiger partial charge on any atom is 0.243 e. The first kappa shape index (κ1) is 20.7. The number of anilines is 1. The number of carbonyl (C=O) groups excluding carboxylic acids is 2. The smallest absolute Gasteiger partial charge is 0.243 e. The van der Waals surface area contributed by atoms with Crippen LogP contribution in [0.15, 0.2) is 34.9 Å². The Morgan fingerprint density at radius 3 is 2.64 bits per heavy atom. The molecule has 25 heavy (non-hydrogen) atoms. The number of benzene rings is 1. The van der Waals surface area contributed by atoms with Gasteiger partial charge in [0.05, 0.1) is 18.8 Å². The molecule has 0 aliphatic heterocycles. The lowest BCUT2D eigenvalue weighted by molar-refractivity contribution is -0.125. The van der Waals surface area contributed by atoms with Gasteiger partial charge >= 0.3 is 0 Å².